The Kier molecular flexibility index (Phi) is 3.58. The van der Waals surface area contributed by atoms with E-state index in [-0.39, 0.29) is 5.69 Å². The van der Waals surface area contributed by atoms with Gasteiger partial charge in [0.25, 0.3) is 5.91 Å². The largest absolute Gasteiger partial charge is 0.319 e. The van der Waals surface area contributed by atoms with Crippen molar-refractivity contribution in [2.75, 3.05) is 5.32 Å². The maximum atomic E-state index is 13.3. The van der Waals surface area contributed by atoms with Crippen LogP contribution in [0, 0.1) is 11.6 Å². The summed E-state index contributed by atoms with van der Waals surface area (Å²) in [5, 5.41) is 2.78. The second-order valence-electron chi connectivity index (χ2n) is 3.59. The van der Waals surface area contributed by atoms with Crippen molar-refractivity contribution in [2.45, 2.75) is 0 Å². The molecule has 0 unspecified atom stereocenters. The first kappa shape index (κ1) is 12.5. The van der Waals surface area contributed by atoms with Gasteiger partial charge in [-0.1, -0.05) is 11.6 Å². The molecule has 0 aliphatic heterocycles. The fraction of sp³-hybridized carbons (Fsp3) is 0. The van der Waals surface area contributed by atoms with Gasteiger partial charge in [-0.3, -0.25) is 4.79 Å². The van der Waals surface area contributed by atoms with Crippen LogP contribution < -0.4 is 5.32 Å². The molecule has 18 heavy (non-hydrogen) atoms. The van der Waals surface area contributed by atoms with E-state index in [2.05, 4.69) is 5.32 Å². The number of amides is 1. The molecule has 0 radical (unpaired) electrons. The number of halogens is 3. The van der Waals surface area contributed by atoms with Gasteiger partial charge in [-0.05, 0) is 36.4 Å². The summed E-state index contributed by atoms with van der Waals surface area (Å²) < 4.78 is 26.2. The van der Waals surface area contributed by atoms with Crippen molar-refractivity contribution in [1.82, 2.24) is 0 Å². The van der Waals surface area contributed by atoms with E-state index in [9.17, 15) is 13.6 Å². The van der Waals surface area contributed by atoms with Crippen LogP contribution in [0.5, 0.6) is 0 Å². The standard InChI is InChI=1S/C13H8ClF2NO/c14-9-3-1-8(2-4-9)13(18)17-12-7-10(15)5-6-11(12)16/h1-7H,(H,17,18). The lowest BCUT2D eigenvalue weighted by Gasteiger charge is -2.06. The average Bonchev–Trinajstić information content (AvgIpc) is 2.34. The summed E-state index contributed by atoms with van der Waals surface area (Å²) in [6.07, 6.45) is 0. The first-order valence-corrected chi connectivity index (χ1v) is 5.46. The summed E-state index contributed by atoms with van der Waals surface area (Å²) in [5.41, 5.74) is 0.109. The van der Waals surface area contributed by atoms with Crippen LogP contribution in [-0.2, 0) is 0 Å². The van der Waals surface area contributed by atoms with Gasteiger partial charge in [0.1, 0.15) is 11.6 Å². The first-order valence-electron chi connectivity index (χ1n) is 5.08. The molecular weight excluding hydrogens is 260 g/mol. The zero-order valence-corrected chi connectivity index (χ0v) is 9.84. The quantitative estimate of drug-likeness (QED) is 0.879. The molecule has 0 heterocycles. The number of nitrogens with one attached hydrogen (secondary N) is 1. The van der Waals surface area contributed by atoms with Crippen LogP contribution in [0.3, 0.4) is 0 Å². The molecule has 0 atom stereocenters. The van der Waals surface area contributed by atoms with Gasteiger partial charge in [-0.25, -0.2) is 8.78 Å². The topological polar surface area (TPSA) is 29.1 Å². The van der Waals surface area contributed by atoms with Gasteiger partial charge in [0.15, 0.2) is 0 Å². The fourth-order valence-corrected chi connectivity index (χ4v) is 1.52. The highest BCUT2D eigenvalue weighted by Crippen LogP contribution is 2.17. The molecule has 0 saturated heterocycles. The van der Waals surface area contributed by atoms with E-state index in [0.717, 1.165) is 18.2 Å². The Labute approximate surface area is 107 Å². The van der Waals surface area contributed by atoms with E-state index in [1.54, 1.807) is 12.1 Å². The van der Waals surface area contributed by atoms with Crippen LogP contribution in [0.15, 0.2) is 42.5 Å². The van der Waals surface area contributed by atoms with Crippen molar-refractivity contribution in [3.8, 4) is 0 Å². The van der Waals surface area contributed by atoms with Crippen LogP contribution >= 0.6 is 11.6 Å². The second kappa shape index (κ2) is 5.14. The maximum absolute atomic E-state index is 13.3. The normalized spacial score (nSPS) is 10.2. The Hall–Kier alpha value is -1.94. The van der Waals surface area contributed by atoms with Gasteiger partial charge in [0, 0.05) is 16.7 Å². The predicted molar refractivity (Wildman–Crippen MR) is 65.8 cm³/mol. The lowest BCUT2D eigenvalue weighted by molar-refractivity contribution is 0.102. The number of hydrogen-bond acceptors (Lipinski definition) is 1. The van der Waals surface area contributed by atoms with E-state index in [1.807, 2.05) is 0 Å². The Morgan fingerprint density at radius 2 is 1.72 bits per heavy atom. The Morgan fingerprint density at radius 1 is 1.06 bits per heavy atom. The van der Waals surface area contributed by atoms with E-state index >= 15 is 0 Å². The number of carbonyl (C=O) groups is 1. The van der Waals surface area contributed by atoms with Crippen molar-refractivity contribution < 1.29 is 13.6 Å². The van der Waals surface area contributed by atoms with Gasteiger partial charge >= 0.3 is 0 Å². The maximum Gasteiger partial charge on any atom is 0.255 e. The third-order valence-corrected chi connectivity index (χ3v) is 2.53. The van der Waals surface area contributed by atoms with Crippen LogP contribution in [0.4, 0.5) is 14.5 Å². The summed E-state index contributed by atoms with van der Waals surface area (Å²) in [4.78, 5) is 11.7. The molecule has 2 rings (SSSR count). The highest BCUT2D eigenvalue weighted by Gasteiger charge is 2.10. The molecule has 0 spiro atoms. The molecule has 2 aromatic rings. The molecule has 0 aromatic heterocycles. The molecule has 5 heteroatoms. The predicted octanol–water partition coefficient (Wildman–Crippen LogP) is 3.87. The molecule has 0 aliphatic carbocycles. The fourth-order valence-electron chi connectivity index (χ4n) is 1.39. The smallest absolute Gasteiger partial charge is 0.255 e. The van der Waals surface area contributed by atoms with Crippen molar-refractivity contribution in [1.29, 1.82) is 0 Å². The molecule has 0 saturated carbocycles. The highest BCUT2D eigenvalue weighted by molar-refractivity contribution is 6.30. The third kappa shape index (κ3) is 2.84. The zero-order valence-electron chi connectivity index (χ0n) is 9.08. The van der Waals surface area contributed by atoms with Gasteiger partial charge in [-0.15, -0.1) is 0 Å². The van der Waals surface area contributed by atoms with Crippen LogP contribution in [-0.4, -0.2) is 5.91 Å². The van der Waals surface area contributed by atoms with Gasteiger partial charge < -0.3 is 5.32 Å². The molecule has 2 aromatic carbocycles. The molecule has 0 aliphatic rings. The third-order valence-electron chi connectivity index (χ3n) is 2.28. The number of anilines is 1. The Balaban J connectivity index is 2.21. The van der Waals surface area contributed by atoms with Crippen molar-refractivity contribution in [2.24, 2.45) is 0 Å². The average molecular weight is 268 g/mol. The summed E-state index contributed by atoms with van der Waals surface area (Å²) >= 11 is 5.68. The lowest BCUT2D eigenvalue weighted by atomic mass is 10.2. The molecule has 0 bridgehead atoms. The van der Waals surface area contributed by atoms with Crippen LogP contribution in [0.2, 0.25) is 5.02 Å². The Morgan fingerprint density at radius 3 is 2.39 bits per heavy atom. The lowest BCUT2D eigenvalue weighted by Crippen LogP contribution is -2.13. The van der Waals surface area contributed by atoms with Gasteiger partial charge in [0.2, 0.25) is 0 Å². The molecule has 92 valence electrons. The highest BCUT2D eigenvalue weighted by atomic mass is 35.5. The van der Waals surface area contributed by atoms with E-state index < -0.39 is 17.5 Å². The van der Waals surface area contributed by atoms with Gasteiger partial charge in [0.05, 0.1) is 5.69 Å². The molecule has 0 fully saturated rings. The van der Waals surface area contributed by atoms with Crippen molar-refractivity contribution in [3.05, 3.63) is 64.7 Å². The van der Waals surface area contributed by atoms with Crippen molar-refractivity contribution in [3.63, 3.8) is 0 Å². The molecule has 1 N–H and O–H groups in total. The summed E-state index contributed by atoms with van der Waals surface area (Å²) in [6.45, 7) is 0. The van der Waals surface area contributed by atoms with Crippen LogP contribution in [0.25, 0.3) is 0 Å². The van der Waals surface area contributed by atoms with Gasteiger partial charge in [-0.2, -0.15) is 0 Å². The Bertz CT molecular complexity index is 584. The minimum absolute atomic E-state index is 0.199. The molecule has 1 amide bonds. The van der Waals surface area contributed by atoms with E-state index in [0.29, 0.717) is 10.6 Å². The summed E-state index contributed by atoms with van der Waals surface area (Å²) in [5.74, 6) is -1.85. The number of carbonyl (C=O) groups excluding carboxylic acids is 1. The minimum Gasteiger partial charge on any atom is -0.319 e. The zero-order chi connectivity index (χ0) is 13.1. The number of benzene rings is 2. The van der Waals surface area contributed by atoms with Crippen LogP contribution in [0.1, 0.15) is 10.4 Å². The SMILES string of the molecule is O=C(Nc1cc(F)ccc1F)c1ccc(Cl)cc1. The summed E-state index contributed by atoms with van der Waals surface area (Å²) in [6, 6.07) is 8.92. The monoisotopic (exact) mass is 267 g/mol. The van der Waals surface area contributed by atoms with E-state index in [1.165, 1.54) is 12.1 Å². The first-order chi connectivity index (χ1) is 8.56. The van der Waals surface area contributed by atoms with E-state index in [4.69, 9.17) is 11.6 Å². The summed E-state index contributed by atoms with van der Waals surface area (Å²) in [7, 11) is 0. The number of rotatable bonds is 2. The minimum atomic E-state index is -0.696. The molecular formula is C13H8ClF2NO. The second-order valence-corrected chi connectivity index (χ2v) is 4.02. The van der Waals surface area contributed by atoms with Crippen molar-refractivity contribution >= 4 is 23.2 Å². The number of hydrogen-bond donors (Lipinski definition) is 1. The molecule has 2 nitrogen and oxygen atoms in total.